The summed E-state index contributed by atoms with van der Waals surface area (Å²) in [7, 11) is 1.65. The Morgan fingerprint density at radius 1 is 1.21 bits per heavy atom. The summed E-state index contributed by atoms with van der Waals surface area (Å²) >= 11 is 1.36. The number of anilines is 2. The Morgan fingerprint density at radius 3 is 2.33 bits per heavy atom. The minimum Gasteiger partial charge on any atom is -0.312 e. The first-order valence-electron chi connectivity index (χ1n) is 7.38. The van der Waals surface area contributed by atoms with Crippen LogP contribution in [0, 0.1) is 0 Å². The molecular formula is C17H20N4O2S. The van der Waals surface area contributed by atoms with Crippen molar-refractivity contribution in [3.05, 3.63) is 47.5 Å². The number of benzene rings is 1. The first kappa shape index (κ1) is 17.8. The van der Waals surface area contributed by atoms with E-state index in [0.29, 0.717) is 16.4 Å². The maximum Gasteiger partial charge on any atom is 0.257 e. The molecular weight excluding hydrogens is 324 g/mol. The SMILES string of the molecule is C=CC(=O)N(C)c1ccc(C(=O)Nc2nnc(C(C)(C)C)s2)cc1. The lowest BCUT2D eigenvalue weighted by Gasteiger charge is -2.15. The molecule has 0 aliphatic rings. The van der Waals surface area contributed by atoms with Crippen LogP contribution in [0.5, 0.6) is 0 Å². The van der Waals surface area contributed by atoms with Crippen LogP contribution >= 0.6 is 11.3 Å². The van der Waals surface area contributed by atoms with Gasteiger partial charge in [0.1, 0.15) is 5.01 Å². The lowest BCUT2D eigenvalue weighted by Crippen LogP contribution is -2.23. The Kier molecular flexibility index (Phi) is 5.14. The quantitative estimate of drug-likeness (QED) is 0.864. The second kappa shape index (κ2) is 6.92. The Balaban J connectivity index is 2.09. The average molecular weight is 344 g/mol. The highest BCUT2D eigenvalue weighted by Crippen LogP contribution is 2.28. The highest BCUT2D eigenvalue weighted by atomic mass is 32.1. The second-order valence-electron chi connectivity index (χ2n) is 6.26. The van der Waals surface area contributed by atoms with Gasteiger partial charge >= 0.3 is 0 Å². The molecule has 2 amide bonds. The van der Waals surface area contributed by atoms with Crippen LogP contribution in [0.15, 0.2) is 36.9 Å². The smallest absolute Gasteiger partial charge is 0.257 e. The molecule has 1 N–H and O–H groups in total. The van der Waals surface area contributed by atoms with Gasteiger partial charge in [0, 0.05) is 23.7 Å². The summed E-state index contributed by atoms with van der Waals surface area (Å²) in [5.74, 6) is -0.480. The Hall–Kier alpha value is -2.54. The Labute approximate surface area is 145 Å². The molecule has 1 heterocycles. The summed E-state index contributed by atoms with van der Waals surface area (Å²) in [6.07, 6.45) is 1.24. The van der Waals surface area contributed by atoms with Gasteiger partial charge in [0.2, 0.25) is 11.0 Å². The maximum absolute atomic E-state index is 12.3. The monoisotopic (exact) mass is 344 g/mol. The minimum absolute atomic E-state index is 0.107. The molecule has 0 fully saturated rings. The van der Waals surface area contributed by atoms with Crippen molar-refractivity contribution in [2.75, 3.05) is 17.3 Å². The van der Waals surface area contributed by atoms with Crippen molar-refractivity contribution in [2.45, 2.75) is 26.2 Å². The number of likely N-dealkylation sites (N-methyl/N-ethyl adjacent to an activating group) is 1. The minimum atomic E-state index is -0.268. The van der Waals surface area contributed by atoms with E-state index in [1.807, 2.05) is 20.8 Å². The van der Waals surface area contributed by atoms with Crippen LogP contribution in [0.4, 0.5) is 10.8 Å². The van der Waals surface area contributed by atoms with Crippen molar-refractivity contribution in [2.24, 2.45) is 0 Å². The zero-order valence-corrected chi connectivity index (χ0v) is 15.0. The first-order valence-corrected chi connectivity index (χ1v) is 8.19. The molecule has 0 atom stereocenters. The first-order chi connectivity index (χ1) is 11.2. The summed E-state index contributed by atoms with van der Waals surface area (Å²) in [6, 6.07) is 6.72. The van der Waals surface area contributed by atoms with E-state index in [-0.39, 0.29) is 17.2 Å². The number of carbonyl (C=O) groups excluding carboxylic acids is 2. The largest absolute Gasteiger partial charge is 0.312 e. The number of nitrogens with one attached hydrogen (secondary N) is 1. The molecule has 2 rings (SSSR count). The molecule has 7 heteroatoms. The highest BCUT2D eigenvalue weighted by Gasteiger charge is 2.20. The van der Waals surface area contributed by atoms with E-state index in [1.54, 1.807) is 31.3 Å². The van der Waals surface area contributed by atoms with Crippen molar-refractivity contribution in [3.8, 4) is 0 Å². The summed E-state index contributed by atoms with van der Waals surface area (Å²) in [4.78, 5) is 25.3. The summed E-state index contributed by atoms with van der Waals surface area (Å²) in [5.41, 5.74) is 1.05. The van der Waals surface area contributed by atoms with Gasteiger partial charge in [0.15, 0.2) is 0 Å². The van der Waals surface area contributed by atoms with Crippen molar-refractivity contribution < 1.29 is 9.59 Å². The summed E-state index contributed by atoms with van der Waals surface area (Å²) < 4.78 is 0. The van der Waals surface area contributed by atoms with E-state index < -0.39 is 0 Å². The fraction of sp³-hybridized carbons (Fsp3) is 0.294. The third-order valence-electron chi connectivity index (χ3n) is 3.31. The molecule has 1 aromatic heterocycles. The maximum atomic E-state index is 12.3. The standard InChI is InChI=1S/C17H20N4O2S/c1-6-13(22)21(5)12-9-7-11(8-10-12)14(23)18-16-20-19-15(24-16)17(2,3)4/h6-10H,1H2,2-5H3,(H,18,20,23). The predicted molar refractivity (Wildman–Crippen MR) is 96.6 cm³/mol. The molecule has 0 spiro atoms. The lowest BCUT2D eigenvalue weighted by molar-refractivity contribution is -0.113. The number of carbonyl (C=O) groups is 2. The Bertz CT molecular complexity index is 760. The Morgan fingerprint density at radius 2 is 1.83 bits per heavy atom. The van der Waals surface area contributed by atoms with Crippen LogP contribution in [0.2, 0.25) is 0 Å². The summed E-state index contributed by atoms with van der Waals surface area (Å²) in [5, 5.41) is 12.2. The van der Waals surface area contributed by atoms with Gasteiger partial charge in [-0.3, -0.25) is 14.9 Å². The molecule has 0 unspecified atom stereocenters. The number of amides is 2. The third kappa shape index (κ3) is 4.05. The molecule has 0 saturated heterocycles. The van der Waals surface area contributed by atoms with Gasteiger partial charge in [-0.1, -0.05) is 38.7 Å². The van der Waals surface area contributed by atoms with Crippen LogP contribution in [-0.2, 0) is 10.2 Å². The zero-order chi connectivity index (χ0) is 17.9. The van der Waals surface area contributed by atoms with Crippen LogP contribution < -0.4 is 10.2 Å². The molecule has 6 nitrogen and oxygen atoms in total. The average Bonchev–Trinajstić information content (AvgIpc) is 3.02. The second-order valence-corrected chi connectivity index (χ2v) is 7.24. The zero-order valence-electron chi connectivity index (χ0n) is 14.2. The van der Waals surface area contributed by atoms with Gasteiger partial charge in [-0.25, -0.2) is 0 Å². The number of hydrogen-bond donors (Lipinski definition) is 1. The van der Waals surface area contributed by atoms with Gasteiger partial charge < -0.3 is 4.90 Å². The summed E-state index contributed by atoms with van der Waals surface area (Å²) in [6.45, 7) is 9.57. The van der Waals surface area contributed by atoms with Crippen molar-refractivity contribution >= 4 is 34.0 Å². The molecule has 0 aliphatic carbocycles. The molecule has 24 heavy (non-hydrogen) atoms. The third-order valence-corrected chi connectivity index (χ3v) is 4.57. The van der Waals surface area contributed by atoms with E-state index in [0.717, 1.165) is 5.01 Å². The lowest BCUT2D eigenvalue weighted by atomic mass is 9.98. The van der Waals surface area contributed by atoms with Gasteiger partial charge in [-0.05, 0) is 30.3 Å². The van der Waals surface area contributed by atoms with Gasteiger partial charge in [0.25, 0.3) is 5.91 Å². The topological polar surface area (TPSA) is 75.2 Å². The van der Waals surface area contributed by atoms with Gasteiger partial charge in [-0.15, -0.1) is 10.2 Å². The number of aromatic nitrogens is 2. The molecule has 0 saturated carbocycles. The normalized spacial score (nSPS) is 11.0. The van der Waals surface area contributed by atoms with E-state index in [1.165, 1.54) is 22.3 Å². The molecule has 0 aliphatic heterocycles. The number of rotatable bonds is 4. The highest BCUT2D eigenvalue weighted by molar-refractivity contribution is 7.15. The molecule has 1 aromatic carbocycles. The van der Waals surface area contributed by atoms with Crippen LogP contribution in [0.3, 0.4) is 0 Å². The fourth-order valence-electron chi connectivity index (χ4n) is 1.85. The van der Waals surface area contributed by atoms with E-state index >= 15 is 0 Å². The molecule has 0 radical (unpaired) electrons. The van der Waals surface area contributed by atoms with E-state index in [9.17, 15) is 9.59 Å². The molecule has 126 valence electrons. The van der Waals surface area contributed by atoms with Crippen LogP contribution in [0.1, 0.15) is 36.1 Å². The number of nitrogens with zero attached hydrogens (tertiary/aromatic N) is 3. The van der Waals surface area contributed by atoms with E-state index in [4.69, 9.17) is 0 Å². The van der Waals surface area contributed by atoms with Crippen LogP contribution in [0.25, 0.3) is 0 Å². The predicted octanol–water partition coefficient (Wildman–Crippen LogP) is 3.24. The van der Waals surface area contributed by atoms with Gasteiger partial charge in [-0.2, -0.15) is 0 Å². The van der Waals surface area contributed by atoms with Crippen molar-refractivity contribution in [1.29, 1.82) is 0 Å². The number of hydrogen-bond acceptors (Lipinski definition) is 5. The van der Waals surface area contributed by atoms with Crippen molar-refractivity contribution in [3.63, 3.8) is 0 Å². The fourth-order valence-corrected chi connectivity index (χ4v) is 2.64. The van der Waals surface area contributed by atoms with E-state index in [2.05, 4.69) is 22.1 Å². The van der Waals surface area contributed by atoms with Crippen molar-refractivity contribution in [1.82, 2.24) is 10.2 Å². The molecule has 0 bridgehead atoms. The van der Waals surface area contributed by atoms with Gasteiger partial charge in [0.05, 0.1) is 0 Å². The molecule has 2 aromatic rings. The van der Waals surface area contributed by atoms with Crippen LogP contribution in [-0.4, -0.2) is 29.1 Å².